The van der Waals surface area contributed by atoms with Crippen molar-refractivity contribution in [3.63, 3.8) is 0 Å². The molecule has 2 atom stereocenters. The molecule has 3 aromatic heterocycles. The van der Waals surface area contributed by atoms with Crippen LogP contribution >= 0.6 is 22.7 Å². The number of carbonyl (C=O) groups is 1. The lowest BCUT2D eigenvalue weighted by Gasteiger charge is -2.38. The molecule has 2 aliphatic heterocycles. The van der Waals surface area contributed by atoms with Crippen LogP contribution in [-0.4, -0.2) is 47.8 Å². The number of benzene rings is 1. The third-order valence-electron chi connectivity index (χ3n) is 8.28. The highest BCUT2D eigenvalue weighted by Gasteiger charge is 2.43. The van der Waals surface area contributed by atoms with E-state index in [1.807, 2.05) is 16.8 Å². The molecule has 1 aromatic carbocycles. The number of esters is 1. The largest absolute Gasteiger partial charge is 0.573 e. The molecule has 0 N–H and O–H groups in total. The summed E-state index contributed by atoms with van der Waals surface area (Å²) in [5.74, 6) is 0.231. The van der Waals surface area contributed by atoms with E-state index in [0.717, 1.165) is 54.9 Å². The Labute approximate surface area is 253 Å². The van der Waals surface area contributed by atoms with Gasteiger partial charge in [-0.15, -0.1) is 35.8 Å². The van der Waals surface area contributed by atoms with Crippen LogP contribution in [0.4, 0.5) is 18.3 Å². The van der Waals surface area contributed by atoms with E-state index in [0.29, 0.717) is 21.9 Å². The second-order valence-electron chi connectivity index (χ2n) is 11.1. The van der Waals surface area contributed by atoms with Crippen LogP contribution in [0.1, 0.15) is 65.4 Å². The second kappa shape index (κ2) is 11.3. The molecule has 4 aromatic rings. The molecule has 43 heavy (non-hydrogen) atoms. The highest BCUT2D eigenvalue weighted by molar-refractivity contribution is 7.14. The molecule has 0 amide bonds. The van der Waals surface area contributed by atoms with Crippen molar-refractivity contribution in [1.82, 2.24) is 10.1 Å². The summed E-state index contributed by atoms with van der Waals surface area (Å²) in [6.45, 7) is 0.206. The van der Waals surface area contributed by atoms with Crippen molar-refractivity contribution in [2.24, 2.45) is 0 Å². The molecule has 13 heteroatoms. The number of methoxy groups -OCH3 is 1. The lowest BCUT2D eigenvalue weighted by atomic mass is 10.00. The zero-order chi connectivity index (χ0) is 29.7. The minimum absolute atomic E-state index is 0.0101. The minimum Gasteiger partial charge on any atom is -0.465 e. The Bertz CT molecular complexity index is 1610. The number of anilines is 1. The molecule has 2 unspecified atom stereocenters. The molecule has 3 aliphatic rings. The van der Waals surface area contributed by atoms with Crippen molar-refractivity contribution in [2.45, 2.75) is 75.6 Å². The highest BCUT2D eigenvalue weighted by atomic mass is 32.1. The summed E-state index contributed by atoms with van der Waals surface area (Å²) >= 11 is 2.94. The van der Waals surface area contributed by atoms with E-state index >= 15 is 0 Å². The first-order valence-corrected chi connectivity index (χ1v) is 15.9. The van der Waals surface area contributed by atoms with E-state index in [1.54, 1.807) is 23.5 Å². The summed E-state index contributed by atoms with van der Waals surface area (Å²) in [5, 5.41) is 9.10. The third-order valence-corrected chi connectivity index (χ3v) is 10.0. The lowest BCUT2D eigenvalue weighted by molar-refractivity contribution is -0.274. The van der Waals surface area contributed by atoms with Gasteiger partial charge in [-0.1, -0.05) is 17.3 Å². The SMILES string of the molecule is COC(=O)c1cc(-c2csc(N3C4CCC3CC(OCc3c(-c5ccccc5OC(F)(F)F)noc3C3CC3)C4)n2)cs1. The number of fused-ring (bicyclic) bond motifs is 2. The van der Waals surface area contributed by atoms with Gasteiger partial charge in [0.1, 0.15) is 22.1 Å². The van der Waals surface area contributed by atoms with Crippen LogP contribution in [0.2, 0.25) is 0 Å². The normalized spacial score (nSPS) is 21.8. The first-order chi connectivity index (χ1) is 20.8. The molecule has 226 valence electrons. The Morgan fingerprint density at radius 1 is 1.09 bits per heavy atom. The highest BCUT2D eigenvalue weighted by Crippen LogP contribution is 2.47. The van der Waals surface area contributed by atoms with Crippen LogP contribution in [0.15, 0.2) is 45.6 Å². The summed E-state index contributed by atoms with van der Waals surface area (Å²) in [6, 6.07) is 8.37. The fourth-order valence-electron chi connectivity index (χ4n) is 6.19. The first kappa shape index (κ1) is 28.4. The zero-order valence-electron chi connectivity index (χ0n) is 23.1. The quantitative estimate of drug-likeness (QED) is 0.173. The molecule has 8 nitrogen and oxygen atoms in total. The smallest absolute Gasteiger partial charge is 0.465 e. The summed E-state index contributed by atoms with van der Waals surface area (Å²) < 4.78 is 60.7. The van der Waals surface area contributed by atoms with Gasteiger partial charge in [-0.05, 0) is 56.7 Å². The van der Waals surface area contributed by atoms with Gasteiger partial charge >= 0.3 is 12.3 Å². The number of hydrogen-bond acceptors (Lipinski definition) is 10. The fraction of sp³-hybridized carbons (Fsp3) is 0.433. The number of carbonyl (C=O) groups excluding carboxylic acids is 1. The summed E-state index contributed by atoms with van der Waals surface area (Å²) in [5.41, 5.74) is 3.00. The molecular weight excluding hydrogens is 603 g/mol. The van der Waals surface area contributed by atoms with Gasteiger partial charge in [0.05, 0.1) is 25.5 Å². The zero-order valence-corrected chi connectivity index (χ0v) is 24.8. The molecular formula is C30H28F3N3O5S2. The number of aromatic nitrogens is 2. The van der Waals surface area contributed by atoms with Crippen LogP contribution in [-0.2, 0) is 16.1 Å². The number of hydrogen-bond donors (Lipinski definition) is 0. The topological polar surface area (TPSA) is 86.9 Å². The number of halogens is 3. The fourth-order valence-corrected chi connectivity index (χ4v) is 7.98. The van der Waals surface area contributed by atoms with Gasteiger partial charge in [-0.2, -0.15) is 0 Å². The van der Waals surface area contributed by atoms with Crippen molar-refractivity contribution in [2.75, 3.05) is 12.0 Å². The predicted molar refractivity (Wildman–Crippen MR) is 154 cm³/mol. The second-order valence-corrected chi connectivity index (χ2v) is 12.8. The van der Waals surface area contributed by atoms with Crippen LogP contribution < -0.4 is 9.64 Å². The van der Waals surface area contributed by atoms with Gasteiger partial charge in [0.2, 0.25) is 0 Å². The Hall–Kier alpha value is -3.42. The van der Waals surface area contributed by atoms with Crippen molar-refractivity contribution < 1.29 is 36.7 Å². The average molecular weight is 632 g/mol. The minimum atomic E-state index is -4.82. The summed E-state index contributed by atoms with van der Waals surface area (Å²) in [7, 11) is 1.37. The van der Waals surface area contributed by atoms with Crippen molar-refractivity contribution in [1.29, 1.82) is 0 Å². The van der Waals surface area contributed by atoms with Crippen LogP contribution in [0.3, 0.4) is 0 Å². The Morgan fingerprint density at radius 3 is 2.58 bits per heavy atom. The number of thiazole rings is 1. The molecule has 1 aliphatic carbocycles. The number of thiophene rings is 1. The third kappa shape index (κ3) is 5.77. The van der Waals surface area contributed by atoms with Crippen LogP contribution in [0.25, 0.3) is 22.5 Å². The van der Waals surface area contributed by atoms with Crippen molar-refractivity contribution in [3.05, 3.63) is 57.3 Å². The molecule has 0 radical (unpaired) electrons. The molecule has 2 bridgehead atoms. The van der Waals surface area contributed by atoms with E-state index in [-0.39, 0.29) is 48.0 Å². The Balaban J connectivity index is 1.06. The van der Waals surface area contributed by atoms with Gasteiger partial charge in [0.15, 0.2) is 5.13 Å². The van der Waals surface area contributed by atoms with E-state index < -0.39 is 6.36 Å². The number of para-hydroxylation sites is 1. The maximum atomic E-state index is 13.1. The number of piperidine rings is 1. The van der Waals surface area contributed by atoms with E-state index in [4.69, 9.17) is 19.0 Å². The standard InChI is InChI=1S/C30H28F3N3O5S2/c1-38-28(37)25-10-17(14-42-25)23-15-43-29(34-23)36-18-8-9-19(36)12-20(11-18)39-13-22-26(35-41-27(22)16-6-7-16)21-4-2-3-5-24(21)40-30(31,32)33/h2-5,10,14-16,18-20H,6-9,11-13H2,1H3. The van der Waals surface area contributed by atoms with Gasteiger partial charge < -0.3 is 23.6 Å². The lowest BCUT2D eigenvalue weighted by Crippen LogP contribution is -2.45. The number of rotatable bonds is 9. The average Bonchev–Trinajstić information content (AvgIpc) is 3.31. The van der Waals surface area contributed by atoms with Crippen molar-refractivity contribution in [3.8, 4) is 28.3 Å². The van der Waals surface area contributed by atoms with Crippen LogP contribution in [0.5, 0.6) is 5.75 Å². The maximum Gasteiger partial charge on any atom is 0.573 e. The Kier molecular flexibility index (Phi) is 7.42. The summed E-state index contributed by atoms with van der Waals surface area (Å²) in [4.78, 5) is 19.7. The predicted octanol–water partition coefficient (Wildman–Crippen LogP) is 7.81. The molecule has 3 fully saturated rings. The van der Waals surface area contributed by atoms with Crippen LogP contribution in [0, 0.1) is 0 Å². The molecule has 1 saturated carbocycles. The monoisotopic (exact) mass is 631 g/mol. The van der Waals surface area contributed by atoms with Gasteiger partial charge in [-0.25, -0.2) is 9.78 Å². The van der Waals surface area contributed by atoms with Gasteiger partial charge in [0, 0.05) is 45.5 Å². The first-order valence-electron chi connectivity index (χ1n) is 14.1. The van der Waals surface area contributed by atoms with E-state index in [9.17, 15) is 18.0 Å². The molecule has 0 spiro atoms. The molecule has 2 saturated heterocycles. The maximum absolute atomic E-state index is 13.1. The van der Waals surface area contributed by atoms with Gasteiger partial charge in [0.25, 0.3) is 0 Å². The Morgan fingerprint density at radius 2 is 1.86 bits per heavy atom. The van der Waals surface area contributed by atoms with E-state index in [1.165, 1.54) is 30.6 Å². The summed E-state index contributed by atoms with van der Waals surface area (Å²) in [6.07, 6.45) is 0.802. The van der Waals surface area contributed by atoms with Gasteiger partial charge in [-0.3, -0.25) is 0 Å². The number of ether oxygens (including phenoxy) is 3. The van der Waals surface area contributed by atoms with E-state index in [2.05, 4.69) is 14.8 Å². The number of alkyl halides is 3. The van der Waals surface area contributed by atoms with Crippen molar-refractivity contribution >= 4 is 33.8 Å². The number of nitrogens with zero attached hydrogens (tertiary/aromatic N) is 3. The molecule has 7 rings (SSSR count). The molecule has 5 heterocycles.